The molecule has 2 rings (SSSR count). The van der Waals surface area contributed by atoms with E-state index in [4.69, 9.17) is 17.0 Å². The maximum absolute atomic E-state index is 11.8. The van der Waals surface area contributed by atoms with Crippen LogP contribution in [0.4, 0.5) is 10.6 Å². The maximum atomic E-state index is 11.8. The van der Waals surface area contributed by atoms with E-state index in [1.54, 1.807) is 13.1 Å². The number of nitrogens with zero attached hydrogens (tertiary/aromatic N) is 2. The molecule has 8 heteroatoms. The number of anilines is 1. The summed E-state index contributed by atoms with van der Waals surface area (Å²) in [5.41, 5.74) is 0.262. The largest absolute Gasteiger partial charge is 0.444 e. The Labute approximate surface area is 158 Å². The van der Waals surface area contributed by atoms with E-state index in [-0.39, 0.29) is 12.6 Å². The van der Waals surface area contributed by atoms with Gasteiger partial charge >= 0.3 is 6.09 Å². The van der Waals surface area contributed by atoms with Crippen molar-refractivity contribution in [1.82, 2.24) is 20.0 Å². The molecule has 26 heavy (non-hydrogen) atoms. The highest BCUT2D eigenvalue weighted by Gasteiger charge is 2.17. The summed E-state index contributed by atoms with van der Waals surface area (Å²) in [4.78, 5) is 16.0. The second kappa shape index (κ2) is 8.54. The van der Waals surface area contributed by atoms with Crippen LogP contribution in [0, 0.1) is 11.8 Å². The molecule has 7 nitrogen and oxygen atoms in total. The molecule has 0 fully saturated rings. The van der Waals surface area contributed by atoms with Crippen LogP contribution in [0.5, 0.6) is 0 Å². The average Bonchev–Trinajstić information content (AvgIpc) is 3.01. The van der Waals surface area contributed by atoms with Gasteiger partial charge in [0, 0.05) is 12.4 Å². The van der Waals surface area contributed by atoms with Crippen LogP contribution in [-0.4, -0.2) is 38.8 Å². The number of fused-ring (bicyclic) bond motifs is 1. The second-order valence-electron chi connectivity index (χ2n) is 6.49. The Kier molecular flexibility index (Phi) is 6.41. The third-order valence-corrected chi connectivity index (χ3v) is 3.36. The molecule has 0 radical (unpaired) electrons. The molecule has 3 N–H and O–H groups in total. The number of rotatable bonds is 4. The summed E-state index contributed by atoms with van der Waals surface area (Å²) in [5.74, 6) is 6.58. The highest BCUT2D eigenvalue weighted by atomic mass is 32.1. The summed E-state index contributed by atoms with van der Waals surface area (Å²) >= 11 is 5.36. The van der Waals surface area contributed by atoms with Crippen LogP contribution in [-0.2, 0) is 4.74 Å². The van der Waals surface area contributed by atoms with Gasteiger partial charge in [-0.25, -0.2) is 9.78 Å². The van der Waals surface area contributed by atoms with Crippen LogP contribution in [0.3, 0.4) is 0 Å². The number of hydrogen-bond donors (Lipinski definition) is 3. The van der Waals surface area contributed by atoms with Crippen LogP contribution in [0.25, 0.3) is 5.65 Å². The van der Waals surface area contributed by atoms with E-state index in [2.05, 4.69) is 32.8 Å². The smallest absolute Gasteiger partial charge is 0.407 e. The molecule has 1 unspecified atom stereocenters. The van der Waals surface area contributed by atoms with E-state index in [0.29, 0.717) is 5.11 Å². The van der Waals surface area contributed by atoms with Crippen LogP contribution >= 0.6 is 12.2 Å². The SMILES string of the molecule is CC#CC(CNC(=O)OC(C)(C)C)NC(=S)Nc1cccc2nccn12. The van der Waals surface area contributed by atoms with Crippen molar-refractivity contribution in [2.24, 2.45) is 0 Å². The van der Waals surface area contributed by atoms with Gasteiger partial charge in [0.05, 0.1) is 6.54 Å². The molecule has 138 valence electrons. The van der Waals surface area contributed by atoms with E-state index >= 15 is 0 Å². The van der Waals surface area contributed by atoms with E-state index in [0.717, 1.165) is 11.5 Å². The molecule has 0 saturated carbocycles. The number of hydrogen-bond acceptors (Lipinski definition) is 4. The molecular weight excluding hydrogens is 350 g/mol. The summed E-state index contributed by atoms with van der Waals surface area (Å²) in [7, 11) is 0. The molecule has 0 aliphatic rings. The first-order chi connectivity index (χ1) is 12.3. The van der Waals surface area contributed by atoms with Gasteiger partial charge in [0.2, 0.25) is 0 Å². The lowest BCUT2D eigenvalue weighted by molar-refractivity contribution is 0.0526. The standard InChI is InChI=1S/C18H23N5O2S/c1-5-7-13(12-20-17(24)25-18(2,3)4)21-16(26)22-15-9-6-8-14-19-10-11-23(14)15/h6,8-11,13H,12H2,1-4H3,(H,20,24)(H2,21,22,26). The molecule has 0 spiro atoms. The third-order valence-electron chi connectivity index (χ3n) is 3.14. The van der Waals surface area contributed by atoms with Gasteiger partial charge in [-0.2, -0.15) is 0 Å². The molecule has 2 aromatic rings. The second-order valence-corrected chi connectivity index (χ2v) is 6.90. The molecule has 2 aromatic heterocycles. The number of imidazole rings is 1. The Bertz CT molecular complexity index is 844. The molecule has 0 bridgehead atoms. The van der Waals surface area contributed by atoms with Crippen molar-refractivity contribution in [3.63, 3.8) is 0 Å². The predicted octanol–water partition coefficient (Wildman–Crippen LogP) is 2.54. The van der Waals surface area contributed by atoms with Crippen molar-refractivity contribution in [2.75, 3.05) is 11.9 Å². The first-order valence-electron chi connectivity index (χ1n) is 8.17. The number of aromatic nitrogens is 2. The van der Waals surface area contributed by atoms with E-state index in [1.807, 2.05) is 49.6 Å². The molecule has 0 aromatic carbocycles. The fraction of sp³-hybridized carbons (Fsp3) is 0.389. The summed E-state index contributed by atoms with van der Waals surface area (Å²) in [6.45, 7) is 7.41. The van der Waals surface area contributed by atoms with Gasteiger partial charge in [0.25, 0.3) is 0 Å². The Hall–Kier alpha value is -2.79. The van der Waals surface area contributed by atoms with E-state index < -0.39 is 11.7 Å². The van der Waals surface area contributed by atoms with Crippen molar-refractivity contribution in [3.05, 3.63) is 30.6 Å². The van der Waals surface area contributed by atoms with Crippen LogP contribution in [0.2, 0.25) is 0 Å². The quantitative estimate of drug-likeness (QED) is 0.565. The van der Waals surface area contributed by atoms with Gasteiger partial charge < -0.3 is 20.7 Å². The van der Waals surface area contributed by atoms with Crippen molar-refractivity contribution in [1.29, 1.82) is 0 Å². The lowest BCUT2D eigenvalue weighted by atomic mass is 10.2. The predicted molar refractivity (Wildman–Crippen MR) is 106 cm³/mol. The minimum Gasteiger partial charge on any atom is -0.444 e. The molecule has 0 saturated heterocycles. The Balaban J connectivity index is 1.94. The molecule has 0 aliphatic carbocycles. The van der Waals surface area contributed by atoms with Gasteiger partial charge in [-0.15, -0.1) is 5.92 Å². The van der Waals surface area contributed by atoms with Gasteiger partial charge in [-0.05, 0) is 52.0 Å². The monoisotopic (exact) mass is 373 g/mol. The first kappa shape index (κ1) is 19.5. The minimum absolute atomic E-state index is 0.257. The topological polar surface area (TPSA) is 79.7 Å². The fourth-order valence-electron chi connectivity index (χ4n) is 2.17. The van der Waals surface area contributed by atoms with Crippen LogP contribution in [0.1, 0.15) is 27.7 Å². The van der Waals surface area contributed by atoms with E-state index in [1.165, 1.54) is 0 Å². The lowest BCUT2D eigenvalue weighted by Gasteiger charge is -2.21. The Morgan fingerprint density at radius 3 is 2.88 bits per heavy atom. The molecule has 2 heterocycles. The molecule has 1 amide bonds. The number of carbonyl (C=O) groups is 1. The van der Waals surface area contributed by atoms with Gasteiger partial charge in [0.15, 0.2) is 5.11 Å². The average molecular weight is 373 g/mol. The lowest BCUT2D eigenvalue weighted by Crippen LogP contribution is -2.45. The number of thiocarbonyl (C=S) groups is 1. The normalized spacial score (nSPS) is 11.8. The van der Waals surface area contributed by atoms with Crippen molar-refractivity contribution < 1.29 is 9.53 Å². The summed E-state index contributed by atoms with van der Waals surface area (Å²) in [6.07, 6.45) is 3.06. The number of alkyl carbamates (subject to hydrolysis) is 1. The highest BCUT2D eigenvalue weighted by molar-refractivity contribution is 7.80. The Morgan fingerprint density at radius 2 is 2.19 bits per heavy atom. The first-order valence-corrected chi connectivity index (χ1v) is 8.58. The van der Waals surface area contributed by atoms with Gasteiger partial charge in [-0.1, -0.05) is 12.0 Å². The van der Waals surface area contributed by atoms with Gasteiger partial charge in [0.1, 0.15) is 23.1 Å². The van der Waals surface area contributed by atoms with Crippen molar-refractivity contribution in [3.8, 4) is 11.8 Å². The zero-order valence-corrected chi connectivity index (χ0v) is 16.1. The maximum Gasteiger partial charge on any atom is 0.407 e. The Morgan fingerprint density at radius 1 is 1.42 bits per heavy atom. The zero-order valence-electron chi connectivity index (χ0n) is 15.3. The number of ether oxygens (including phenoxy) is 1. The molecule has 1 atom stereocenters. The molecular formula is C18H23N5O2S. The summed E-state index contributed by atoms with van der Waals surface area (Å²) < 4.78 is 7.10. The minimum atomic E-state index is -0.552. The zero-order chi connectivity index (χ0) is 19.2. The number of amides is 1. The van der Waals surface area contributed by atoms with Gasteiger partial charge in [-0.3, -0.25) is 4.40 Å². The van der Waals surface area contributed by atoms with Crippen LogP contribution < -0.4 is 16.0 Å². The molecule has 0 aliphatic heterocycles. The number of pyridine rings is 1. The van der Waals surface area contributed by atoms with Crippen LogP contribution in [0.15, 0.2) is 30.6 Å². The van der Waals surface area contributed by atoms with Crippen molar-refractivity contribution >= 4 is 34.9 Å². The number of nitrogens with one attached hydrogen (secondary N) is 3. The highest BCUT2D eigenvalue weighted by Crippen LogP contribution is 2.10. The van der Waals surface area contributed by atoms with E-state index in [9.17, 15) is 4.79 Å². The summed E-state index contributed by atoms with van der Waals surface area (Å²) in [5, 5.41) is 9.29. The fourth-order valence-corrected chi connectivity index (χ4v) is 2.42. The number of carbonyl (C=O) groups excluding carboxylic acids is 1. The third kappa shape index (κ3) is 5.93. The van der Waals surface area contributed by atoms with Crippen molar-refractivity contribution in [2.45, 2.75) is 39.3 Å². The summed E-state index contributed by atoms with van der Waals surface area (Å²) in [6, 6.07) is 5.33.